The van der Waals surface area contributed by atoms with Crippen molar-refractivity contribution in [3.05, 3.63) is 30.3 Å². The molecule has 0 atom stereocenters. The van der Waals surface area contributed by atoms with Gasteiger partial charge in [0.1, 0.15) is 6.42 Å². The Bertz CT molecular complexity index is 300. The molecule has 0 saturated carbocycles. The van der Waals surface area contributed by atoms with Crippen molar-refractivity contribution in [2.45, 2.75) is 17.5 Å². The molecule has 0 aliphatic rings. The smallest absolute Gasteiger partial charge is 0.369 e. The molecule has 0 aliphatic heterocycles. The molecule has 84 valence electrons. The number of carbonyl (C=O) groups excluding carboxylic acids is 1. The molecule has 15 heavy (non-hydrogen) atoms. The van der Waals surface area contributed by atoms with E-state index < -0.39 is 18.5 Å². The fourth-order valence-corrected chi connectivity index (χ4v) is 0.798. The van der Waals surface area contributed by atoms with Gasteiger partial charge in [-0.3, -0.25) is 4.79 Å². The number of rotatable bonds is 1. The molecule has 2 N–H and O–H groups in total. The van der Waals surface area contributed by atoms with Gasteiger partial charge in [-0.15, -0.1) is 12.6 Å². The van der Waals surface area contributed by atoms with Crippen molar-refractivity contribution < 1.29 is 18.0 Å². The molecule has 0 spiro atoms. The van der Waals surface area contributed by atoms with E-state index in [2.05, 4.69) is 18.4 Å². The van der Waals surface area contributed by atoms with E-state index in [-0.39, 0.29) is 0 Å². The fourth-order valence-electron chi connectivity index (χ4n) is 0.626. The lowest BCUT2D eigenvalue weighted by atomic mass is 10.4. The summed E-state index contributed by atoms with van der Waals surface area (Å²) in [5, 5.41) is 0. The molecule has 1 amide bonds. The largest absolute Gasteiger partial charge is 0.397 e. The normalized spacial score (nSPS) is 10.1. The Morgan fingerprint density at radius 3 is 1.87 bits per heavy atom. The number of thiol groups is 1. The number of amides is 1. The molecule has 6 heteroatoms. The van der Waals surface area contributed by atoms with Crippen molar-refractivity contribution in [2.24, 2.45) is 5.73 Å². The summed E-state index contributed by atoms with van der Waals surface area (Å²) < 4.78 is 33.0. The molecule has 0 heterocycles. The number of benzene rings is 1. The summed E-state index contributed by atoms with van der Waals surface area (Å²) in [4.78, 5) is 10.5. The minimum absolute atomic E-state index is 1.02. The van der Waals surface area contributed by atoms with Gasteiger partial charge in [0.05, 0.1) is 0 Å². The summed E-state index contributed by atoms with van der Waals surface area (Å²) in [7, 11) is 0. The quantitative estimate of drug-likeness (QED) is 0.724. The number of alkyl halides is 3. The molecule has 0 aromatic heterocycles. The first-order valence-corrected chi connectivity index (χ1v) is 4.35. The third-order valence-electron chi connectivity index (χ3n) is 1.13. The molecule has 0 unspecified atom stereocenters. The third-order valence-corrected chi connectivity index (χ3v) is 1.43. The number of primary amides is 1. The Balaban J connectivity index is 0.000000262. The molecular formula is C9H10F3NOS. The molecule has 1 aromatic carbocycles. The number of hydrogen-bond acceptors (Lipinski definition) is 2. The van der Waals surface area contributed by atoms with Gasteiger partial charge in [0.25, 0.3) is 0 Å². The molecule has 0 aliphatic carbocycles. The van der Waals surface area contributed by atoms with Crippen molar-refractivity contribution in [2.75, 3.05) is 0 Å². The zero-order valence-corrected chi connectivity index (χ0v) is 8.55. The van der Waals surface area contributed by atoms with Gasteiger partial charge in [-0.2, -0.15) is 13.2 Å². The molecule has 0 saturated heterocycles. The first-order chi connectivity index (χ1) is 6.81. The number of nitrogens with two attached hydrogens (primary N) is 1. The molecule has 1 aromatic rings. The van der Waals surface area contributed by atoms with E-state index in [0.29, 0.717) is 0 Å². The van der Waals surface area contributed by atoms with E-state index in [1.165, 1.54) is 0 Å². The van der Waals surface area contributed by atoms with Gasteiger partial charge in [-0.05, 0) is 12.1 Å². The summed E-state index contributed by atoms with van der Waals surface area (Å²) >= 11 is 4.08. The summed E-state index contributed by atoms with van der Waals surface area (Å²) in [5.74, 6) is -1.35. The van der Waals surface area contributed by atoms with Crippen LogP contribution in [0.4, 0.5) is 13.2 Å². The highest BCUT2D eigenvalue weighted by Crippen LogP contribution is 2.17. The van der Waals surface area contributed by atoms with Crippen molar-refractivity contribution in [1.82, 2.24) is 0 Å². The average molecular weight is 237 g/mol. The minimum atomic E-state index is -4.45. The SMILES string of the molecule is NC(=O)CC(F)(F)F.Sc1ccccc1. The molecule has 0 bridgehead atoms. The maximum atomic E-state index is 11.0. The standard InChI is InChI=1S/C6H6S.C3H4F3NO/c7-6-4-2-1-3-5-6;4-3(5,6)1-2(7)8/h1-5,7H;1H2,(H2,7,8). The van der Waals surface area contributed by atoms with Gasteiger partial charge in [0, 0.05) is 4.90 Å². The van der Waals surface area contributed by atoms with E-state index in [1.807, 2.05) is 30.3 Å². The lowest BCUT2D eigenvalue weighted by Gasteiger charge is -1.99. The van der Waals surface area contributed by atoms with Crippen LogP contribution in [0.1, 0.15) is 6.42 Å². The summed E-state index contributed by atoms with van der Waals surface area (Å²) in [5.41, 5.74) is 4.22. The van der Waals surface area contributed by atoms with Crippen molar-refractivity contribution >= 4 is 18.5 Å². The van der Waals surface area contributed by atoms with Crippen LogP contribution in [0.5, 0.6) is 0 Å². The fraction of sp³-hybridized carbons (Fsp3) is 0.222. The monoisotopic (exact) mass is 237 g/mol. The van der Waals surface area contributed by atoms with Crippen LogP contribution >= 0.6 is 12.6 Å². The number of carbonyl (C=O) groups is 1. The lowest BCUT2D eigenvalue weighted by molar-refractivity contribution is -0.151. The second kappa shape index (κ2) is 6.34. The van der Waals surface area contributed by atoms with Crippen LogP contribution in [0.2, 0.25) is 0 Å². The van der Waals surface area contributed by atoms with Gasteiger partial charge in [0.2, 0.25) is 5.91 Å². The van der Waals surface area contributed by atoms with Crippen molar-refractivity contribution in [3.8, 4) is 0 Å². The lowest BCUT2D eigenvalue weighted by Crippen LogP contribution is -2.21. The summed E-state index contributed by atoms with van der Waals surface area (Å²) in [6.07, 6.45) is -5.99. The third kappa shape index (κ3) is 10.8. The van der Waals surface area contributed by atoms with E-state index in [4.69, 9.17) is 0 Å². The molecule has 0 radical (unpaired) electrons. The molecule has 2 nitrogen and oxygen atoms in total. The average Bonchev–Trinajstić information content (AvgIpc) is 2.01. The van der Waals surface area contributed by atoms with Crippen LogP contribution in [0.25, 0.3) is 0 Å². The zero-order valence-electron chi connectivity index (χ0n) is 7.66. The van der Waals surface area contributed by atoms with Gasteiger partial charge in [-0.1, -0.05) is 18.2 Å². The van der Waals surface area contributed by atoms with Crippen molar-refractivity contribution in [3.63, 3.8) is 0 Å². The Hall–Kier alpha value is -1.17. The Morgan fingerprint density at radius 1 is 1.27 bits per heavy atom. The van der Waals surface area contributed by atoms with Crippen LogP contribution in [-0.4, -0.2) is 12.1 Å². The van der Waals surface area contributed by atoms with E-state index >= 15 is 0 Å². The minimum Gasteiger partial charge on any atom is -0.369 e. The maximum Gasteiger partial charge on any atom is 0.397 e. The highest BCUT2D eigenvalue weighted by Gasteiger charge is 2.29. The molecule has 0 fully saturated rings. The topological polar surface area (TPSA) is 43.1 Å². The molecule has 1 rings (SSSR count). The predicted octanol–water partition coefficient (Wildman–Crippen LogP) is 2.40. The Labute approximate surface area is 90.7 Å². The van der Waals surface area contributed by atoms with Crippen LogP contribution in [-0.2, 0) is 4.79 Å². The van der Waals surface area contributed by atoms with Gasteiger partial charge < -0.3 is 5.73 Å². The van der Waals surface area contributed by atoms with E-state index in [1.54, 1.807) is 0 Å². The Morgan fingerprint density at radius 2 is 1.73 bits per heavy atom. The predicted molar refractivity (Wildman–Crippen MR) is 53.6 cm³/mol. The van der Waals surface area contributed by atoms with Gasteiger partial charge in [-0.25, -0.2) is 0 Å². The van der Waals surface area contributed by atoms with Crippen LogP contribution in [0, 0.1) is 0 Å². The zero-order chi connectivity index (χ0) is 11.9. The summed E-state index contributed by atoms with van der Waals surface area (Å²) in [6, 6.07) is 9.79. The van der Waals surface area contributed by atoms with Gasteiger partial charge >= 0.3 is 6.18 Å². The Kier molecular flexibility index (Phi) is 5.84. The first-order valence-electron chi connectivity index (χ1n) is 3.90. The van der Waals surface area contributed by atoms with Crippen LogP contribution in [0.3, 0.4) is 0 Å². The van der Waals surface area contributed by atoms with Crippen LogP contribution < -0.4 is 5.73 Å². The highest BCUT2D eigenvalue weighted by atomic mass is 32.1. The van der Waals surface area contributed by atoms with E-state index in [0.717, 1.165) is 4.90 Å². The number of hydrogen-bond donors (Lipinski definition) is 2. The second-order valence-electron chi connectivity index (χ2n) is 2.59. The van der Waals surface area contributed by atoms with Gasteiger partial charge in [0.15, 0.2) is 0 Å². The summed E-state index contributed by atoms with van der Waals surface area (Å²) in [6.45, 7) is 0. The second-order valence-corrected chi connectivity index (χ2v) is 3.11. The highest BCUT2D eigenvalue weighted by molar-refractivity contribution is 7.80. The first kappa shape index (κ1) is 13.8. The number of halogens is 3. The maximum absolute atomic E-state index is 11.0. The molecular weight excluding hydrogens is 227 g/mol. The van der Waals surface area contributed by atoms with E-state index in [9.17, 15) is 18.0 Å². The van der Waals surface area contributed by atoms with Crippen molar-refractivity contribution in [1.29, 1.82) is 0 Å². The van der Waals surface area contributed by atoms with Crippen LogP contribution in [0.15, 0.2) is 35.2 Å².